The fourth-order valence-electron chi connectivity index (χ4n) is 3.48. The molecule has 0 bridgehead atoms. The molecule has 0 spiro atoms. The number of hydrogen-bond donors (Lipinski definition) is 2. The molecule has 0 radical (unpaired) electrons. The molecule has 188 valence electrons. The second-order valence-electron chi connectivity index (χ2n) is 7.82. The molecule has 0 saturated carbocycles. The summed E-state index contributed by atoms with van der Waals surface area (Å²) in [6.45, 7) is 3.10. The molecule has 0 aliphatic carbocycles. The number of methoxy groups -OCH3 is 2. The molecule has 0 amide bonds. The maximum absolute atomic E-state index is 13.3. The van der Waals surface area contributed by atoms with Gasteiger partial charge in [0.05, 0.1) is 31.8 Å². The number of benzene rings is 1. The normalized spacial score (nSPS) is 13.1. The van der Waals surface area contributed by atoms with E-state index >= 15 is 0 Å². The first-order valence-corrected chi connectivity index (χ1v) is 12.4. The summed E-state index contributed by atoms with van der Waals surface area (Å²) in [4.78, 5) is 12.3. The number of ether oxygens (including phenoxy) is 2. The van der Waals surface area contributed by atoms with Gasteiger partial charge in [0.2, 0.25) is 16.0 Å². The number of sulfonamides is 1. The van der Waals surface area contributed by atoms with Crippen LogP contribution < -0.4 is 14.2 Å². The van der Waals surface area contributed by atoms with Crippen LogP contribution in [0, 0.1) is 6.92 Å². The zero-order valence-corrected chi connectivity index (χ0v) is 20.8. The van der Waals surface area contributed by atoms with Crippen LogP contribution in [-0.2, 0) is 10.0 Å². The Kier molecular flexibility index (Phi) is 7.12. The van der Waals surface area contributed by atoms with Crippen LogP contribution in [0.4, 0.5) is 5.95 Å². The lowest BCUT2D eigenvalue weighted by molar-refractivity contribution is 0.171. The molecule has 3 heterocycles. The number of aliphatic hydroxyl groups is 1. The standard InChI is InChI=1S/C23H25N7O5S/c1-14-11-26-17(13-25-14)21(31)15(2)36(32,33)29-23-28-27-22(16-7-6-10-24-12-16)30(23)20-18(34-3)8-5-9-19(20)35-4/h5-13,15,21,31H,1-4H3,(H,28,29). The fraction of sp³-hybridized carbons (Fsp3) is 0.261. The lowest BCUT2D eigenvalue weighted by Crippen LogP contribution is -2.32. The summed E-state index contributed by atoms with van der Waals surface area (Å²) in [6, 6.07) is 8.62. The Morgan fingerprint density at radius 2 is 1.72 bits per heavy atom. The summed E-state index contributed by atoms with van der Waals surface area (Å²) in [5.41, 5.74) is 1.72. The number of anilines is 1. The second kappa shape index (κ2) is 10.3. The zero-order chi connectivity index (χ0) is 25.9. The summed E-state index contributed by atoms with van der Waals surface area (Å²) >= 11 is 0. The molecule has 13 heteroatoms. The van der Waals surface area contributed by atoms with Gasteiger partial charge in [-0.05, 0) is 38.1 Å². The van der Waals surface area contributed by atoms with Crippen molar-refractivity contribution in [3.05, 3.63) is 66.5 Å². The molecular formula is C23H25N7O5S. The summed E-state index contributed by atoms with van der Waals surface area (Å²) < 4.78 is 41.7. The monoisotopic (exact) mass is 511 g/mol. The molecule has 36 heavy (non-hydrogen) atoms. The van der Waals surface area contributed by atoms with Crippen LogP contribution in [0.2, 0.25) is 0 Å². The third kappa shape index (κ3) is 4.83. The molecule has 3 aromatic heterocycles. The van der Waals surface area contributed by atoms with E-state index in [-0.39, 0.29) is 11.6 Å². The van der Waals surface area contributed by atoms with E-state index in [1.807, 2.05) is 0 Å². The number of nitrogens with zero attached hydrogens (tertiary/aromatic N) is 6. The number of hydrogen-bond acceptors (Lipinski definition) is 10. The molecule has 0 aliphatic heterocycles. The highest BCUT2D eigenvalue weighted by atomic mass is 32.2. The molecule has 0 saturated heterocycles. The van der Waals surface area contributed by atoms with Gasteiger partial charge in [-0.3, -0.25) is 24.2 Å². The van der Waals surface area contributed by atoms with Crippen molar-refractivity contribution in [2.45, 2.75) is 25.2 Å². The Labute approximate surface area is 208 Å². The highest BCUT2D eigenvalue weighted by Gasteiger charge is 2.33. The van der Waals surface area contributed by atoms with Gasteiger partial charge in [0.15, 0.2) is 5.82 Å². The van der Waals surface area contributed by atoms with Gasteiger partial charge in [-0.1, -0.05) is 6.07 Å². The van der Waals surface area contributed by atoms with E-state index in [2.05, 4.69) is 29.9 Å². The highest BCUT2D eigenvalue weighted by molar-refractivity contribution is 7.93. The molecule has 2 unspecified atom stereocenters. The largest absolute Gasteiger partial charge is 0.494 e. The number of aliphatic hydroxyl groups excluding tert-OH is 1. The van der Waals surface area contributed by atoms with Crippen molar-refractivity contribution in [3.8, 4) is 28.6 Å². The van der Waals surface area contributed by atoms with Crippen LogP contribution in [0.5, 0.6) is 11.5 Å². The van der Waals surface area contributed by atoms with Gasteiger partial charge in [0, 0.05) is 24.2 Å². The van der Waals surface area contributed by atoms with E-state index in [4.69, 9.17) is 9.47 Å². The highest BCUT2D eigenvalue weighted by Crippen LogP contribution is 2.37. The van der Waals surface area contributed by atoms with E-state index in [9.17, 15) is 13.5 Å². The molecule has 0 aliphatic rings. The lowest BCUT2D eigenvalue weighted by atomic mass is 10.2. The van der Waals surface area contributed by atoms with Crippen molar-refractivity contribution in [2.75, 3.05) is 18.9 Å². The molecule has 4 rings (SSSR count). The summed E-state index contributed by atoms with van der Waals surface area (Å²) in [5, 5.41) is 17.7. The quantitative estimate of drug-likeness (QED) is 0.342. The Bertz CT molecular complexity index is 1420. The van der Waals surface area contributed by atoms with E-state index in [0.29, 0.717) is 34.3 Å². The average Bonchev–Trinajstić information content (AvgIpc) is 3.30. The van der Waals surface area contributed by atoms with Gasteiger partial charge in [-0.15, -0.1) is 10.2 Å². The third-order valence-electron chi connectivity index (χ3n) is 5.48. The van der Waals surface area contributed by atoms with E-state index in [1.165, 1.54) is 38.1 Å². The van der Waals surface area contributed by atoms with Crippen LogP contribution >= 0.6 is 0 Å². The molecule has 0 fully saturated rings. The number of rotatable bonds is 9. The van der Waals surface area contributed by atoms with Crippen LogP contribution in [0.25, 0.3) is 17.1 Å². The maximum Gasteiger partial charge on any atom is 0.243 e. The van der Waals surface area contributed by atoms with Gasteiger partial charge in [-0.25, -0.2) is 8.42 Å². The van der Waals surface area contributed by atoms with Gasteiger partial charge < -0.3 is 14.6 Å². The minimum atomic E-state index is -4.20. The summed E-state index contributed by atoms with van der Waals surface area (Å²) in [7, 11) is -1.23. The topological polar surface area (TPSA) is 154 Å². The van der Waals surface area contributed by atoms with E-state index < -0.39 is 21.4 Å². The number of pyridine rings is 1. The summed E-state index contributed by atoms with van der Waals surface area (Å²) in [6.07, 6.45) is 4.54. The first-order chi connectivity index (χ1) is 17.3. The maximum atomic E-state index is 13.3. The van der Waals surface area contributed by atoms with Crippen molar-refractivity contribution in [1.82, 2.24) is 29.7 Å². The molecule has 1 aromatic carbocycles. The van der Waals surface area contributed by atoms with Gasteiger partial charge in [-0.2, -0.15) is 0 Å². The molecule has 12 nitrogen and oxygen atoms in total. The van der Waals surface area contributed by atoms with Crippen molar-refractivity contribution in [3.63, 3.8) is 0 Å². The minimum Gasteiger partial charge on any atom is -0.494 e. The predicted octanol–water partition coefficient (Wildman–Crippen LogP) is 2.31. The summed E-state index contributed by atoms with van der Waals surface area (Å²) in [5.74, 6) is 0.942. The number of aromatic nitrogens is 6. The SMILES string of the molecule is COc1cccc(OC)c1-n1c(NS(=O)(=O)C(C)C(O)c2cnc(C)cn2)nnc1-c1cccnc1. The smallest absolute Gasteiger partial charge is 0.243 e. The fourth-order valence-corrected chi connectivity index (χ4v) is 4.53. The van der Waals surface area contributed by atoms with Crippen molar-refractivity contribution >= 4 is 16.0 Å². The Morgan fingerprint density at radius 3 is 2.31 bits per heavy atom. The van der Waals surface area contributed by atoms with Crippen LogP contribution in [0.1, 0.15) is 24.4 Å². The van der Waals surface area contributed by atoms with Crippen molar-refractivity contribution in [1.29, 1.82) is 0 Å². The number of aryl methyl sites for hydroxylation is 1. The Morgan fingerprint density at radius 1 is 1.00 bits per heavy atom. The second-order valence-corrected chi connectivity index (χ2v) is 9.85. The van der Waals surface area contributed by atoms with E-state index in [1.54, 1.807) is 49.6 Å². The molecule has 2 atom stereocenters. The van der Waals surface area contributed by atoms with Gasteiger partial charge in [0.25, 0.3) is 0 Å². The van der Waals surface area contributed by atoms with Gasteiger partial charge in [0.1, 0.15) is 28.5 Å². The predicted molar refractivity (Wildman–Crippen MR) is 131 cm³/mol. The zero-order valence-electron chi connectivity index (χ0n) is 20.0. The third-order valence-corrected chi connectivity index (χ3v) is 7.18. The first-order valence-electron chi connectivity index (χ1n) is 10.8. The molecular weight excluding hydrogens is 486 g/mol. The number of nitrogens with one attached hydrogen (secondary N) is 1. The average molecular weight is 512 g/mol. The van der Waals surface area contributed by atoms with E-state index in [0.717, 1.165) is 0 Å². The van der Waals surface area contributed by atoms with Crippen LogP contribution in [0.15, 0.2) is 55.1 Å². The Hall–Kier alpha value is -4.10. The first kappa shape index (κ1) is 25.0. The number of para-hydroxylation sites is 1. The minimum absolute atomic E-state index is 0.127. The van der Waals surface area contributed by atoms with Crippen molar-refractivity contribution in [2.24, 2.45) is 0 Å². The Balaban J connectivity index is 1.81. The molecule has 2 N–H and O–H groups in total. The van der Waals surface area contributed by atoms with Crippen LogP contribution in [0.3, 0.4) is 0 Å². The van der Waals surface area contributed by atoms with Crippen molar-refractivity contribution < 1.29 is 23.0 Å². The molecule has 4 aromatic rings. The van der Waals surface area contributed by atoms with Gasteiger partial charge >= 0.3 is 0 Å². The lowest BCUT2D eigenvalue weighted by Gasteiger charge is -2.21. The van der Waals surface area contributed by atoms with Crippen LogP contribution in [-0.4, -0.2) is 62.7 Å².